The summed E-state index contributed by atoms with van der Waals surface area (Å²) in [6, 6.07) is 8.13. The number of hydrogen-bond acceptors (Lipinski definition) is 16. The van der Waals surface area contributed by atoms with E-state index in [4.69, 9.17) is 14.3 Å². The number of carbonyl (C=O) groups excluding carboxylic acids is 3. The smallest absolute Gasteiger partial charge is 0.333 e. The number of hydroxylamine groups is 2. The molecule has 0 aromatic heterocycles. The summed E-state index contributed by atoms with van der Waals surface area (Å²) in [5.41, 5.74) is 1.44. The van der Waals surface area contributed by atoms with E-state index in [-0.39, 0.29) is 51.9 Å². The van der Waals surface area contributed by atoms with Crippen LogP contribution in [0.4, 0.5) is 11.4 Å². The van der Waals surface area contributed by atoms with Gasteiger partial charge in [-0.15, -0.1) is 5.06 Å². The number of imide groups is 1. The first kappa shape index (κ1) is 47.7. The first-order chi connectivity index (χ1) is 28.5. The molecule has 0 bridgehead atoms. The van der Waals surface area contributed by atoms with Crippen LogP contribution in [-0.4, -0.2) is 118 Å². The highest BCUT2D eigenvalue weighted by Gasteiger charge is 2.48. The average Bonchev–Trinajstić information content (AvgIpc) is 3.71. The molecule has 2 aromatic carbocycles. The molecule has 3 aliphatic rings. The molecule has 5 rings (SSSR count). The Balaban J connectivity index is 1.54. The Morgan fingerprint density at radius 3 is 2.03 bits per heavy atom. The summed E-state index contributed by atoms with van der Waals surface area (Å²) in [6.45, 7) is 4.77. The molecule has 2 aromatic rings. The van der Waals surface area contributed by atoms with Crippen LogP contribution in [0.15, 0.2) is 70.1 Å². The van der Waals surface area contributed by atoms with Crippen molar-refractivity contribution in [3.8, 4) is 0 Å². The van der Waals surface area contributed by atoms with E-state index in [0.717, 1.165) is 0 Å². The number of hydrogen-bond donors (Lipinski definition) is 0. The number of nitrogens with zero attached hydrogens (tertiary/aromatic N) is 3. The lowest BCUT2D eigenvalue weighted by molar-refractivity contribution is -0.441. The number of anilines is 1. The van der Waals surface area contributed by atoms with Crippen molar-refractivity contribution in [2.24, 2.45) is 0 Å². The maximum absolute atomic E-state index is 12.4. The van der Waals surface area contributed by atoms with Gasteiger partial charge < -0.3 is 32.9 Å². The number of ether oxygens (including phenoxy) is 2. The zero-order valence-electron chi connectivity index (χ0n) is 34.3. The minimum absolute atomic E-state index is 0.0246. The van der Waals surface area contributed by atoms with E-state index in [9.17, 15) is 53.3 Å². The van der Waals surface area contributed by atoms with Gasteiger partial charge in [0.15, 0.2) is 12.3 Å². The molecule has 2 amide bonds. The van der Waals surface area contributed by atoms with Crippen molar-refractivity contribution in [1.82, 2.24) is 5.06 Å². The van der Waals surface area contributed by atoms with Gasteiger partial charge in [0.25, 0.3) is 11.8 Å². The van der Waals surface area contributed by atoms with Gasteiger partial charge in [-0.3, -0.25) is 9.59 Å². The van der Waals surface area contributed by atoms with Gasteiger partial charge in [0.05, 0.1) is 25.3 Å². The van der Waals surface area contributed by atoms with Gasteiger partial charge in [0.2, 0.25) is 5.69 Å². The SMILES string of the molecule is COCC[N+]1=C(C=CC=C2N(CCCCCC(=O)ON3C(=O)CCC3=O)c3ccc(S(=O)(=O)[O-])cc3C2(C)CCOC)C(C)(CCCS(=O)(=O)[O-])c2cc(S(=O)(=O)[O-])ccc21. The molecule has 0 N–H and O–H groups in total. The molecule has 334 valence electrons. The van der Waals surface area contributed by atoms with E-state index in [1.54, 1.807) is 25.1 Å². The van der Waals surface area contributed by atoms with Gasteiger partial charge in [-0.25, -0.2) is 30.0 Å². The lowest BCUT2D eigenvalue weighted by atomic mass is 9.75. The lowest BCUT2D eigenvalue weighted by Crippen LogP contribution is -2.33. The van der Waals surface area contributed by atoms with Crippen molar-refractivity contribution >= 4 is 65.2 Å². The highest BCUT2D eigenvalue weighted by molar-refractivity contribution is 7.86. The third-order valence-electron chi connectivity index (χ3n) is 11.4. The minimum atomic E-state index is -4.89. The highest BCUT2D eigenvalue weighted by atomic mass is 32.2. The maximum Gasteiger partial charge on any atom is 0.333 e. The second kappa shape index (κ2) is 19.0. The number of allylic oxidation sites excluding steroid dienone is 4. The van der Waals surface area contributed by atoms with E-state index in [2.05, 4.69) is 0 Å². The standard InChI is InChI=1S/C40H51N3O15S3/c1-39(19-9-25-59(47,48)49)30-26-28(60(50,51)52)14-16-33(30)42(22-24-57-4)34(39)10-8-11-35-40(2,20-23-56-3)31-27-29(61(53,54)55)13-15-32(31)41(35)21-7-5-6-12-38(46)58-43-36(44)17-18-37(43)45/h8,10-11,13-16,26-27H,5-7,9,12,17-25H2,1-4H3,(H2-,47,48,49,50,51,52,53,54,55)/p-2. The molecule has 3 aliphatic heterocycles. The van der Waals surface area contributed by atoms with Crippen LogP contribution in [0.25, 0.3) is 0 Å². The van der Waals surface area contributed by atoms with E-state index in [1.165, 1.54) is 44.6 Å². The third kappa shape index (κ3) is 10.8. The summed E-state index contributed by atoms with van der Waals surface area (Å²) in [6.07, 6.45) is 6.97. The minimum Gasteiger partial charge on any atom is -0.748 e. The lowest BCUT2D eigenvalue weighted by Gasteiger charge is -2.30. The summed E-state index contributed by atoms with van der Waals surface area (Å²) in [5, 5.41) is 0.499. The Morgan fingerprint density at radius 2 is 1.43 bits per heavy atom. The fourth-order valence-electron chi connectivity index (χ4n) is 8.23. The second-order valence-corrected chi connectivity index (χ2v) is 19.8. The van der Waals surface area contributed by atoms with Gasteiger partial charge in [-0.2, -0.15) is 4.58 Å². The Labute approximate surface area is 356 Å². The van der Waals surface area contributed by atoms with E-state index in [0.29, 0.717) is 71.2 Å². The number of amides is 2. The molecule has 18 nitrogen and oxygen atoms in total. The van der Waals surface area contributed by atoms with Crippen molar-refractivity contribution in [1.29, 1.82) is 0 Å². The first-order valence-corrected chi connectivity index (χ1v) is 23.9. The van der Waals surface area contributed by atoms with Crippen molar-refractivity contribution in [2.45, 2.75) is 92.3 Å². The van der Waals surface area contributed by atoms with E-state index < -0.39 is 74.5 Å². The molecule has 1 fully saturated rings. The number of methoxy groups -OCH3 is 2. The summed E-state index contributed by atoms with van der Waals surface area (Å²) < 4.78 is 121. The topological polar surface area (TPSA) is 260 Å². The van der Waals surface area contributed by atoms with Gasteiger partial charge in [0, 0.05) is 86.9 Å². The van der Waals surface area contributed by atoms with Crippen LogP contribution < -0.4 is 4.90 Å². The number of benzene rings is 2. The summed E-state index contributed by atoms with van der Waals surface area (Å²) in [4.78, 5) is 42.2. The molecule has 2 unspecified atom stereocenters. The molecule has 61 heavy (non-hydrogen) atoms. The van der Waals surface area contributed by atoms with Gasteiger partial charge in [0.1, 0.15) is 26.8 Å². The Hall–Kier alpha value is -4.35. The quantitative estimate of drug-likeness (QED) is 0.0753. The van der Waals surface area contributed by atoms with E-state index >= 15 is 0 Å². The molecule has 1 saturated heterocycles. The summed E-state index contributed by atoms with van der Waals surface area (Å²) in [5.74, 6) is -2.56. The normalized spacial score (nSPS) is 21.3. The monoisotopic (exact) mass is 907 g/mol. The summed E-state index contributed by atoms with van der Waals surface area (Å²) >= 11 is 0. The predicted molar refractivity (Wildman–Crippen MR) is 216 cm³/mol. The number of fused-ring (bicyclic) bond motifs is 2. The number of rotatable bonds is 21. The Morgan fingerprint density at radius 1 is 0.803 bits per heavy atom. The zero-order valence-corrected chi connectivity index (χ0v) is 36.7. The molecule has 21 heteroatoms. The zero-order chi connectivity index (χ0) is 45.0. The first-order valence-electron chi connectivity index (χ1n) is 19.6. The predicted octanol–water partition coefficient (Wildman–Crippen LogP) is 3.25. The number of unbranched alkanes of at least 4 members (excludes halogenated alkanes) is 2. The van der Waals surface area contributed by atoms with Gasteiger partial charge in [-0.05, 0) is 87.9 Å². The Kier molecular flexibility index (Phi) is 14.8. The molecule has 0 saturated carbocycles. The van der Waals surface area contributed by atoms with Crippen LogP contribution in [-0.2, 0) is 69.9 Å². The van der Waals surface area contributed by atoms with Crippen molar-refractivity contribution in [3.63, 3.8) is 0 Å². The molecule has 0 radical (unpaired) electrons. The van der Waals surface area contributed by atoms with E-state index in [1.807, 2.05) is 22.5 Å². The molecule has 3 heterocycles. The number of carbonyl (C=O) groups is 3. The van der Waals surface area contributed by atoms with Crippen LogP contribution in [0.1, 0.15) is 82.8 Å². The third-order valence-corrected chi connectivity index (χ3v) is 13.8. The van der Waals surface area contributed by atoms with Crippen LogP contribution in [0.3, 0.4) is 0 Å². The largest absolute Gasteiger partial charge is 0.748 e. The van der Waals surface area contributed by atoms with Crippen molar-refractivity contribution < 1.29 is 72.2 Å². The second-order valence-electron chi connectivity index (χ2n) is 15.5. The Bertz CT molecular complexity index is 2470. The highest BCUT2D eigenvalue weighted by Crippen LogP contribution is 2.51. The molecule has 2 atom stereocenters. The van der Waals surface area contributed by atoms with Crippen LogP contribution in [0.2, 0.25) is 0 Å². The van der Waals surface area contributed by atoms with Crippen molar-refractivity contribution in [3.05, 3.63) is 71.5 Å². The van der Waals surface area contributed by atoms with Crippen molar-refractivity contribution in [2.75, 3.05) is 51.2 Å². The summed E-state index contributed by atoms with van der Waals surface area (Å²) in [7, 11) is -11.3. The molecule has 0 aliphatic carbocycles. The molecule has 0 spiro atoms. The van der Waals surface area contributed by atoms with Gasteiger partial charge >= 0.3 is 5.97 Å². The molecular formula is C40H49N3O15S3-2. The fraction of sp³-hybridized carbons (Fsp3) is 0.500. The molecular weight excluding hydrogens is 859 g/mol. The van der Waals surface area contributed by atoms with Crippen LogP contribution in [0.5, 0.6) is 0 Å². The van der Waals surface area contributed by atoms with Gasteiger partial charge in [-0.1, -0.05) is 12.5 Å². The van der Waals surface area contributed by atoms with Crippen LogP contribution in [0, 0.1) is 0 Å². The van der Waals surface area contributed by atoms with Crippen LogP contribution >= 0.6 is 0 Å². The maximum atomic E-state index is 12.4. The fourth-order valence-corrected chi connectivity index (χ4v) is 9.72. The average molecular weight is 908 g/mol.